The number of hydrogen-bond acceptors (Lipinski definition) is 3. The molecule has 2 aliphatic rings. The predicted octanol–water partition coefficient (Wildman–Crippen LogP) is 3.52. The van der Waals surface area contributed by atoms with Crippen molar-refractivity contribution < 1.29 is 0 Å². The molecule has 0 radical (unpaired) electrons. The first-order chi connectivity index (χ1) is 9.26. The summed E-state index contributed by atoms with van der Waals surface area (Å²) in [5, 5.41) is 4.77. The van der Waals surface area contributed by atoms with Crippen molar-refractivity contribution in [2.45, 2.75) is 56.4 Å². The normalized spacial score (nSPS) is 29.6. The zero-order valence-corrected chi connectivity index (χ0v) is 12.5. The fraction of sp³-hybridized carbons (Fsp3) is 0.625. The van der Waals surface area contributed by atoms with E-state index in [1.165, 1.54) is 49.0 Å². The highest BCUT2D eigenvalue weighted by Crippen LogP contribution is 2.36. The van der Waals surface area contributed by atoms with Crippen LogP contribution in [0.4, 0.5) is 5.69 Å². The zero-order valence-electron chi connectivity index (χ0n) is 11.7. The van der Waals surface area contributed by atoms with Gasteiger partial charge in [0.15, 0.2) is 0 Å². The Kier molecular flexibility index (Phi) is 4.04. The molecular formula is C16H24N2S. The van der Waals surface area contributed by atoms with Crippen molar-refractivity contribution in [2.75, 3.05) is 11.5 Å². The number of fused-ring (bicyclic) bond motifs is 1. The van der Waals surface area contributed by atoms with Crippen LogP contribution in [-0.4, -0.2) is 17.0 Å². The minimum absolute atomic E-state index is 0.561. The maximum atomic E-state index is 5.87. The Bertz CT molecular complexity index is 446. The molecule has 0 heterocycles. The molecule has 0 spiro atoms. The lowest BCUT2D eigenvalue weighted by atomic mass is 10.1. The van der Waals surface area contributed by atoms with Gasteiger partial charge in [0.2, 0.25) is 0 Å². The minimum atomic E-state index is 0.561. The van der Waals surface area contributed by atoms with Crippen LogP contribution in [-0.2, 0) is 6.42 Å². The molecule has 1 fully saturated rings. The number of rotatable bonds is 4. The van der Waals surface area contributed by atoms with Gasteiger partial charge in [0.05, 0.1) is 0 Å². The van der Waals surface area contributed by atoms with Crippen LogP contribution < -0.4 is 11.1 Å². The van der Waals surface area contributed by atoms with E-state index >= 15 is 0 Å². The number of thioether (sulfide) groups is 1. The van der Waals surface area contributed by atoms with Gasteiger partial charge in [0.25, 0.3) is 0 Å². The highest BCUT2D eigenvalue weighted by Gasteiger charge is 2.29. The van der Waals surface area contributed by atoms with Gasteiger partial charge in [0.1, 0.15) is 0 Å². The second-order valence-corrected chi connectivity index (χ2v) is 7.38. The van der Waals surface area contributed by atoms with Crippen molar-refractivity contribution in [1.29, 1.82) is 0 Å². The SMILES string of the molecule is CCSC1CCC(NC2CCc3cc(N)ccc32)C1. The van der Waals surface area contributed by atoms with E-state index in [4.69, 9.17) is 5.73 Å². The third kappa shape index (κ3) is 2.92. The molecule has 2 nitrogen and oxygen atoms in total. The lowest BCUT2D eigenvalue weighted by molar-refractivity contribution is 0.438. The molecule has 0 aliphatic heterocycles. The van der Waals surface area contributed by atoms with E-state index in [0.717, 1.165) is 17.0 Å². The molecule has 3 atom stereocenters. The summed E-state index contributed by atoms with van der Waals surface area (Å²) in [6.07, 6.45) is 6.49. The van der Waals surface area contributed by atoms with Crippen molar-refractivity contribution in [1.82, 2.24) is 5.32 Å². The number of nitrogens with two attached hydrogens (primary N) is 1. The highest BCUT2D eigenvalue weighted by molar-refractivity contribution is 7.99. The molecule has 2 aliphatic carbocycles. The van der Waals surface area contributed by atoms with Crippen LogP contribution in [0.2, 0.25) is 0 Å². The third-order valence-corrected chi connectivity index (χ3v) is 5.70. The van der Waals surface area contributed by atoms with Gasteiger partial charge in [-0.15, -0.1) is 0 Å². The van der Waals surface area contributed by atoms with Gasteiger partial charge in [-0.25, -0.2) is 0 Å². The summed E-state index contributed by atoms with van der Waals surface area (Å²) in [5.74, 6) is 1.25. The summed E-state index contributed by atoms with van der Waals surface area (Å²) in [6, 6.07) is 7.70. The average molecular weight is 276 g/mol. The Morgan fingerprint density at radius 2 is 2.21 bits per heavy atom. The van der Waals surface area contributed by atoms with Gasteiger partial charge in [-0.1, -0.05) is 13.0 Å². The van der Waals surface area contributed by atoms with Crippen molar-refractivity contribution in [3.63, 3.8) is 0 Å². The standard InChI is InChI=1S/C16H24N2S/c1-2-19-14-6-5-13(10-14)18-16-8-3-11-9-12(17)4-7-15(11)16/h4,7,9,13-14,16,18H,2-3,5-6,8,10,17H2,1H3. The summed E-state index contributed by atoms with van der Waals surface area (Å²) in [7, 11) is 0. The molecule has 3 N–H and O–H groups in total. The van der Waals surface area contributed by atoms with E-state index in [-0.39, 0.29) is 0 Å². The Hall–Kier alpha value is -0.670. The van der Waals surface area contributed by atoms with E-state index in [9.17, 15) is 0 Å². The van der Waals surface area contributed by atoms with Crippen molar-refractivity contribution >= 4 is 17.4 Å². The molecule has 0 aromatic heterocycles. The number of anilines is 1. The summed E-state index contributed by atoms with van der Waals surface area (Å²) >= 11 is 2.13. The second-order valence-electron chi connectivity index (χ2n) is 5.80. The van der Waals surface area contributed by atoms with E-state index in [0.29, 0.717) is 6.04 Å². The van der Waals surface area contributed by atoms with Crippen LogP contribution in [0.25, 0.3) is 0 Å². The maximum absolute atomic E-state index is 5.87. The highest BCUT2D eigenvalue weighted by atomic mass is 32.2. The molecule has 3 rings (SSSR count). The fourth-order valence-electron chi connectivity index (χ4n) is 3.57. The topological polar surface area (TPSA) is 38.0 Å². The molecular weight excluding hydrogens is 252 g/mol. The van der Waals surface area contributed by atoms with Crippen LogP contribution in [0.3, 0.4) is 0 Å². The van der Waals surface area contributed by atoms with Gasteiger partial charge < -0.3 is 11.1 Å². The quantitative estimate of drug-likeness (QED) is 0.826. The lowest BCUT2D eigenvalue weighted by Gasteiger charge is -2.20. The molecule has 1 aromatic carbocycles. The van der Waals surface area contributed by atoms with Crippen LogP contribution in [0.5, 0.6) is 0 Å². The average Bonchev–Trinajstić information content (AvgIpc) is 2.98. The van der Waals surface area contributed by atoms with E-state index in [1.807, 2.05) is 6.07 Å². The first-order valence-corrected chi connectivity index (χ1v) is 8.57. The van der Waals surface area contributed by atoms with Crippen LogP contribution in [0, 0.1) is 0 Å². The van der Waals surface area contributed by atoms with Crippen LogP contribution in [0.1, 0.15) is 49.8 Å². The number of hydrogen-bond donors (Lipinski definition) is 2. The maximum Gasteiger partial charge on any atom is 0.0328 e. The molecule has 1 saturated carbocycles. The fourth-order valence-corrected chi connectivity index (χ4v) is 4.72. The van der Waals surface area contributed by atoms with E-state index in [1.54, 1.807) is 0 Å². The summed E-state index contributed by atoms with van der Waals surface area (Å²) < 4.78 is 0. The third-order valence-electron chi connectivity index (χ3n) is 4.47. The molecule has 3 unspecified atom stereocenters. The number of nitrogen functional groups attached to an aromatic ring is 1. The molecule has 0 saturated heterocycles. The molecule has 0 amide bonds. The molecule has 19 heavy (non-hydrogen) atoms. The first-order valence-electron chi connectivity index (χ1n) is 7.52. The Balaban J connectivity index is 1.61. The van der Waals surface area contributed by atoms with Crippen LogP contribution in [0.15, 0.2) is 18.2 Å². The summed E-state index contributed by atoms with van der Waals surface area (Å²) in [6.45, 7) is 2.27. The second kappa shape index (κ2) is 5.76. The van der Waals surface area contributed by atoms with Crippen molar-refractivity contribution in [2.24, 2.45) is 0 Å². The number of nitrogens with one attached hydrogen (secondary N) is 1. The first kappa shape index (κ1) is 13.3. The zero-order chi connectivity index (χ0) is 13.2. The smallest absolute Gasteiger partial charge is 0.0328 e. The lowest BCUT2D eigenvalue weighted by Crippen LogP contribution is -2.30. The molecule has 1 aromatic rings. The Labute approximate surface area is 120 Å². The van der Waals surface area contributed by atoms with Gasteiger partial charge in [-0.3, -0.25) is 0 Å². The van der Waals surface area contributed by atoms with Gasteiger partial charge in [0, 0.05) is 23.0 Å². The van der Waals surface area contributed by atoms with E-state index in [2.05, 4.69) is 36.1 Å². The minimum Gasteiger partial charge on any atom is -0.399 e. The molecule has 3 heteroatoms. The van der Waals surface area contributed by atoms with Gasteiger partial charge in [-0.05, 0) is 61.1 Å². The monoisotopic (exact) mass is 276 g/mol. The number of benzene rings is 1. The predicted molar refractivity (Wildman–Crippen MR) is 84.6 cm³/mol. The summed E-state index contributed by atoms with van der Waals surface area (Å²) in [5.41, 5.74) is 9.71. The van der Waals surface area contributed by atoms with Crippen LogP contribution >= 0.6 is 11.8 Å². The number of aryl methyl sites for hydroxylation is 1. The molecule has 0 bridgehead atoms. The Morgan fingerprint density at radius 3 is 3.05 bits per heavy atom. The van der Waals surface area contributed by atoms with Crippen molar-refractivity contribution in [3.8, 4) is 0 Å². The van der Waals surface area contributed by atoms with Crippen molar-refractivity contribution in [3.05, 3.63) is 29.3 Å². The largest absolute Gasteiger partial charge is 0.399 e. The van der Waals surface area contributed by atoms with Gasteiger partial charge >= 0.3 is 0 Å². The molecule has 104 valence electrons. The summed E-state index contributed by atoms with van der Waals surface area (Å²) in [4.78, 5) is 0. The van der Waals surface area contributed by atoms with Gasteiger partial charge in [-0.2, -0.15) is 11.8 Å². The Morgan fingerprint density at radius 1 is 1.32 bits per heavy atom. The van der Waals surface area contributed by atoms with E-state index < -0.39 is 0 Å².